The third kappa shape index (κ3) is 3.69. The summed E-state index contributed by atoms with van der Waals surface area (Å²) in [6.07, 6.45) is -0.703. The molecule has 3 N–H and O–H groups in total. The lowest BCUT2D eigenvalue weighted by molar-refractivity contribution is -0.122. The Morgan fingerprint density at radius 3 is 2.74 bits per heavy atom. The van der Waals surface area contributed by atoms with Gasteiger partial charge in [0.25, 0.3) is 11.8 Å². The van der Waals surface area contributed by atoms with Gasteiger partial charge in [0.1, 0.15) is 11.3 Å². The molecule has 0 aliphatic carbocycles. The first-order chi connectivity index (χ1) is 12.9. The fourth-order valence-electron chi connectivity index (χ4n) is 2.72. The molecular weight excluding hydrogens is 352 g/mol. The molecule has 0 aromatic heterocycles. The van der Waals surface area contributed by atoms with Crippen LogP contribution in [0.1, 0.15) is 33.2 Å². The number of anilines is 1. The topological polar surface area (TPSA) is 114 Å². The number of fused-ring (bicyclic) bond motifs is 1. The Labute approximate surface area is 155 Å². The molecule has 1 aliphatic rings. The number of hydrogen-bond acceptors (Lipinski definition) is 5. The maximum Gasteiger partial charge on any atom is 0.339 e. The van der Waals surface area contributed by atoms with Crippen LogP contribution in [0, 0.1) is 0 Å². The molecule has 0 saturated carbocycles. The van der Waals surface area contributed by atoms with Crippen molar-refractivity contribution >= 4 is 23.5 Å². The molecule has 8 nitrogen and oxygen atoms in total. The largest absolute Gasteiger partial charge is 0.496 e. The van der Waals surface area contributed by atoms with Gasteiger partial charge in [-0.05, 0) is 36.8 Å². The number of amides is 2. The Morgan fingerprint density at radius 1 is 1.26 bits per heavy atom. The maximum absolute atomic E-state index is 12.6. The van der Waals surface area contributed by atoms with Crippen LogP contribution in [0.25, 0.3) is 0 Å². The van der Waals surface area contributed by atoms with Crippen LogP contribution < -0.4 is 20.1 Å². The summed E-state index contributed by atoms with van der Waals surface area (Å²) in [6.45, 7) is 1.71. The molecule has 0 fully saturated rings. The molecule has 1 heterocycles. The molecule has 1 unspecified atom stereocenters. The van der Waals surface area contributed by atoms with Gasteiger partial charge in [-0.3, -0.25) is 9.59 Å². The highest BCUT2D eigenvalue weighted by Crippen LogP contribution is 2.33. The number of carbonyl (C=O) groups is 3. The first kappa shape index (κ1) is 18.2. The monoisotopic (exact) mass is 370 g/mol. The average molecular weight is 370 g/mol. The van der Waals surface area contributed by atoms with E-state index in [2.05, 4.69) is 10.6 Å². The van der Waals surface area contributed by atoms with E-state index < -0.39 is 18.0 Å². The lowest BCUT2D eigenvalue weighted by Gasteiger charge is -2.25. The summed E-state index contributed by atoms with van der Waals surface area (Å²) >= 11 is 0. The van der Waals surface area contributed by atoms with Crippen molar-refractivity contribution in [3.05, 3.63) is 53.1 Å². The molecule has 1 aliphatic heterocycles. The molecule has 0 radical (unpaired) electrons. The number of hydrogen-bond donors (Lipinski definition) is 3. The molecule has 8 heteroatoms. The fourth-order valence-corrected chi connectivity index (χ4v) is 2.72. The zero-order chi connectivity index (χ0) is 19.6. The van der Waals surface area contributed by atoms with Crippen LogP contribution >= 0.6 is 0 Å². The van der Waals surface area contributed by atoms with Crippen molar-refractivity contribution in [2.45, 2.75) is 19.6 Å². The summed E-state index contributed by atoms with van der Waals surface area (Å²) < 4.78 is 10.6. The summed E-state index contributed by atoms with van der Waals surface area (Å²) in [5, 5.41) is 14.7. The number of carbonyl (C=O) groups excluding carboxylic acids is 2. The van der Waals surface area contributed by atoms with Crippen LogP contribution in [0.3, 0.4) is 0 Å². The molecule has 0 saturated heterocycles. The summed E-state index contributed by atoms with van der Waals surface area (Å²) in [4.78, 5) is 35.6. The van der Waals surface area contributed by atoms with Crippen molar-refractivity contribution in [2.24, 2.45) is 0 Å². The second-order valence-electron chi connectivity index (χ2n) is 5.95. The van der Waals surface area contributed by atoms with Gasteiger partial charge in [0, 0.05) is 6.54 Å². The lowest BCUT2D eigenvalue weighted by atomic mass is 10.1. The van der Waals surface area contributed by atoms with E-state index in [1.807, 2.05) is 0 Å². The minimum absolute atomic E-state index is 0.0150. The molecule has 0 spiro atoms. The summed E-state index contributed by atoms with van der Waals surface area (Å²) in [5.74, 6) is -1.24. The predicted octanol–water partition coefficient (Wildman–Crippen LogP) is 2.04. The normalized spacial score (nSPS) is 15.2. The number of benzene rings is 2. The molecule has 2 aromatic rings. The van der Waals surface area contributed by atoms with E-state index in [1.165, 1.54) is 19.2 Å². The van der Waals surface area contributed by atoms with Gasteiger partial charge in [-0.2, -0.15) is 0 Å². The molecule has 2 aromatic carbocycles. The van der Waals surface area contributed by atoms with Crippen molar-refractivity contribution < 1.29 is 29.0 Å². The van der Waals surface area contributed by atoms with E-state index in [0.29, 0.717) is 17.0 Å². The number of aromatic carboxylic acids is 1. The van der Waals surface area contributed by atoms with E-state index in [1.54, 1.807) is 31.2 Å². The van der Waals surface area contributed by atoms with Crippen molar-refractivity contribution in [1.82, 2.24) is 5.32 Å². The average Bonchev–Trinajstić information content (AvgIpc) is 2.66. The van der Waals surface area contributed by atoms with E-state index in [0.717, 1.165) is 0 Å². The number of carboxylic acids is 1. The van der Waals surface area contributed by atoms with Crippen molar-refractivity contribution in [2.75, 3.05) is 12.4 Å². The SMILES string of the molecule is COc1ccc(CNC(=O)c2cccc3c2OC(C)C(=O)N3)cc1C(=O)O. The molecule has 27 heavy (non-hydrogen) atoms. The number of nitrogens with one attached hydrogen (secondary N) is 2. The lowest BCUT2D eigenvalue weighted by Crippen LogP contribution is -2.35. The van der Waals surface area contributed by atoms with Crippen molar-refractivity contribution in [1.29, 1.82) is 0 Å². The van der Waals surface area contributed by atoms with Gasteiger partial charge < -0.3 is 25.2 Å². The Morgan fingerprint density at radius 2 is 2.04 bits per heavy atom. The molecule has 1 atom stereocenters. The van der Waals surface area contributed by atoms with Gasteiger partial charge in [-0.25, -0.2) is 4.79 Å². The Hall–Kier alpha value is -3.55. The Bertz CT molecular complexity index is 924. The number of rotatable bonds is 5. The Balaban J connectivity index is 1.78. The summed E-state index contributed by atoms with van der Waals surface area (Å²) in [7, 11) is 1.39. The highest BCUT2D eigenvalue weighted by molar-refractivity contribution is 6.04. The maximum atomic E-state index is 12.6. The van der Waals surface area contributed by atoms with Gasteiger partial charge in [-0.1, -0.05) is 12.1 Å². The van der Waals surface area contributed by atoms with Crippen LogP contribution in [0.4, 0.5) is 5.69 Å². The fraction of sp³-hybridized carbons (Fsp3) is 0.211. The number of methoxy groups -OCH3 is 1. The molecule has 0 bridgehead atoms. The van der Waals surface area contributed by atoms with Crippen LogP contribution in [0.2, 0.25) is 0 Å². The third-order valence-electron chi connectivity index (χ3n) is 4.13. The van der Waals surface area contributed by atoms with Gasteiger partial charge >= 0.3 is 5.97 Å². The number of para-hydroxylation sites is 1. The smallest absolute Gasteiger partial charge is 0.339 e. The second kappa shape index (κ2) is 7.36. The quantitative estimate of drug-likeness (QED) is 0.742. The minimum atomic E-state index is -1.12. The van der Waals surface area contributed by atoms with Crippen LogP contribution in [-0.4, -0.2) is 36.1 Å². The van der Waals surface area contributed by atoms with Crippen molar-refractivity contribution in [3.8, 4) is 11.5 Å². The zero-order valence-electron chi connectivity index (χ0n) is 14.7. The van der Waals surface area contributed by atoms with Gasteiger partial charge in [-0.15, -0.1) is 0 Å². The van der Waals surface area contributed by atoms with Gasteiger partial charge in [0.05, 0.1) is 18.4 Å². The first-order valence-electron chi connectivity index (χ1n) is 8.19. The first-order valence-corrected chi connectivity index (χ1v) is 8.19. The molecule has 2 amide bonds. The Kier molecular flexibility index (Phi) is 4.98. The highest BCUT2D eigenvalue weighted by Gasteiger charge is 2.27. The minimum Gasteiger partial charge on any atom is -0.496 e. The standard InChI is InChI=1S/C19H18N2O6/c1-10-17(22)21-14-5-3-4-12(16(14)27-10)18(23)20-9-11-6-7-15(26-2)13(8-11)19(24)25/h3-8,10H,9H2,1-2H3,(H,20,23)(H,21,22)(H,24,25). The van der Waals surface area contributed by atoms with E-state index in [4.69, 9.17) is 9.47 Å². The van der Waals surface area contributed by atoms with Crippen LogP contribution in [-0.2, 0) is 11.3 Å². The molecular formula is C19H18N2O6. The van der Waals surface area contributed by atoms with Crippen molar-refractivity contribution in [3.63, 3.8) is 0 Å². The summed E-state index contributed by atoms with van der Waals surface area (Å²) in [6, 6.07) is 9.54. The number of carboxylic acid groups (broad SMARTS) is 1. The van der Waals surface area contributed by atoms with Crippen LogP contribution in [0.5, 0.6) is 11.5 Å². The van der Waals surface area contributed by atoms with Gasteiger partial charge in [0.2, 0.25) is 0 Å². The highest BCUT2D eigenvalue weighted by atomic mass is 16.5. The third-order valence-corrected chi connectivity index (χ3v) is 4.13. The second-order valence-corrected chi connectivity index (χ2v) is 5.95. The van der Waals surface area contributed by atoms with E-state index in [9.17, 15) is 19.5 Å². The van der Waals surface area contributed by atoms with Crippen LogP contribution in [0.15, 0.2) is 36.4 Å². The zero-order valence-corrected chi connectivity index (χ0v) is 14.7. The van der Waals surface area contributed by atoms with E-state index in [-0.39, 0.29) is 29.3 Å². The van der Waals surface area contributed by atoms with E-state index >= 15 is 0 Å². The number of ether oxygens (including phenoxy) is 2. The summed E-state index contributed by atoms with van der Waals surface area (Å²) in [5.41, 5.74) is 1.34. The predicted molar refractivity (Wildman–Crippen MR) is 96.3 cm³/mol. The molecule has 3 rings (SSSR count). The van der Waals surface area contributed by atoms with Gasteiger partial charge in [0.15, 0.2) is 11.9 Å². The molecule has 140 valence electrons.